The molecule has 0 saturated heterocycles. The first-order valence-corrected chi connectivity index (χ1v) is 19.7. The van der Waals surface area contributed by atoms with Crippen LogP contribution in [-0.4, -0.2) is 4.57 Å². The zero-order valence-corrected chi connectivity index (χ0v) is 31.3. The third kappa shape index (κ3) is 5.09. The van der Waals surface area contributed by atoms with Gasteiger partial charge in [-0.2, -0.15) is 0 Å². The molecule has 0 atom stereocenters. The SMILES string of the molecule is c1ccc2c(c1)oc1ccc(-c3ccc(N(c4ccc(-c5cccc6c5oc5ccccc56)cc4)c4ccc(-n5c6ccccc6c6ccccc65)cc4)cc3)cc12. The summed E-state index contributed by atoms with van der Waals surface area (Å²) in [7, 11) is 0. The molecular weight excluding hydrogens is 709 g/mol. The molecule has 0 radical (unpaired) electrons. The van der Waals surface area contributed by atoms with Crippen molar-refractivity contribution in [3.05, 3.63) is 206 Å². The second-order valence-corrected chi connectivity index (χ2v) is 14.9. The van der Waals surface area contributed by atoms with Crippen molar-refractivity contribution in [3.8, 4) is 27.9 Å². The van der Waals surface area contributed by atoms with Crippen molar-refractivity contribution in [2.75, 3.05) is 4.90 Å². The van der Waals surface area contributed by atoms with Crippen molar-refractivity contribution in [2.45, 2.75) is 0 Å². The van der Waals surface area contributed by atoms with Gasteiger partial charge in [-0.1, -0.05) is 121 Å². The fraction of sp³-hybridized carbons (Fsp3) is 0. The van der Waals surface area contributed by atoms with Crippen LogP contribution in [-0.2, 0) is 0 Å². The van der Waals surface area contributed by atoms with Gasteiger partial charge in [0.2, 0.25) is 0 Å². The fourth-order valence-electron chi connectivity index (χ4n) is 8.87. The molecule has 4 nitrogen and oxygen atoms in total. The highest BCUT2D eigenvalue weighted by molar-refractivity contribution is 6.11. The van der Waals surface area contributed by atoms with E-state index in [0.29, 0.717) is 0 Å². The molecule has 0 aliphatic rings. The maximum atomic E-state index is 6.42. The van der Waals surface area contributed by atoms with Crippen LogP contribution in [0.4, 0.5) is 17.1 Å². The predicted molar refractivity (Wildman–Crippen MR) is 241 cm³/mol. The van der Waals surface area contributed by atoms with Gasteiger partial charge in [-0.3, -0.25) is 0 Å². The van der Waals surface area contributed by atoms with E-state index < -0.39 is 0 Å². The topological polar surface area (TPSA) is 34.5 Å². The summed E-state index contributed by atoms with van der Waals surface area (Å²) >= 11 is 0. The van der Waals surface area contributed by atoms with Crippen LogP contribution in [0, 0.1) is 0 Å². The van der Waals surface area contributed by atoms with Crippen LogP contribution in [0.2, 0.25) is 0 Å². The molecule has 4 heteroatoms. The third-order valence-electron chi connectivity index (χ3n) is 11.6. The largest absolute Gasteiger partial charge is 0.456 e. The first-order valence-electron chi connectivity index (χ1n) is 19.7. The zero-order valence-electron chi connectivity index (χ0n) is 31.3. The Labute approximate surface area is 334 Å². The molecule has 0 N–H and O–H groups in total. The van der Waals surface area contributed by atoms with Gasteiger partial charge in [0.05, 0.1) is 11.0 Å². The Morgan fingerprint density at radius 2 is 0.810 bits per heavy atom. The Balaban J connectivity index is 0.959. The minimum absolute atomic E-state index is 0.900. The molecule has 12 aromatic rings. The van der Waals surface area contributed by atoms with Gasteiger partial charge in [0.1, 0.15) is 22.3 Å². The first-order chi connectivity index (χ1) is 28.7. The average molecular weight is 743 g/mol. The van der Waals surface area contributed by atoms with E-state index in [4.69, 9.17) is 8.83 Å². The van der Waals surface area contributed by atoms with E-state index in [1.807, 2.05) is 24.3 Å². The highest BCUT2D eigenvalue weighted by Crippen LogP contribution is 2.41. The lowest BCUT2D eigenvalue weighted by atomic mass is 10.0. The van der Waals surface area contributed by atoms with Crippen molar-refractivity contribution >= 4 is 82.7 Å². The van der Waals surface area contributed by atoms with Crippen molar-refractivity contribution in [2.24, 2.45) is 0 Å². The number of benzene rings is 9. The molecule has 9 aromatic carbocycles. The molecule has 12 rings (SSSR count). The fourth-order valence-corrected chi connectivity index (χ4v) is 8.87. The quantitative estimate of drug-likeness (QED) is 0.170. The molecule has 0 spiro atoms. The Morgan fingerprint density at radius 1 is 0.328 bits per heavy atom. The highest BCUT2D eigenvalue weighted by atomic mass is 16.3. The Kier molecular flexibility index (Phi) is 7.20. The normalized spacial score (nSPS) is 11.8. The minimum atomic E-state index is 0.900. The number of aromatic nitrogens is 1. The number of furan rings is 2. The maximum Gasteiger partial charge on any atom is 0.143 e. The minimum Gasteiger partial charge on any atom is -0.456 e. The van der Waals surface area contributed by atoms with Crippen LogP contribution >= 0.6 is 0 Å². The van der Waals surface area contributed by atoms with E-state index in [2.05, 4.69) is 191 Å². The van der Waals surface area contributed by atoms with Gasteiger partial charge < -0.3 is 18.3 Å². The van der Waals surface area contributed by atoms with Gasteiger partial charge in [0, 0.05) is 60.6 Å². The second-order valence-electron chi connectivity index (χ2n) is 14.9. The van der Waals surface area contributed by atoms with E-state index in [0.717, 1.165) is 88.9 Å². The average Bonchev–Trinajstić information content (AvgIpc) is 3.97. The summed E-state index contributed by atoms with van der Waals surface area (Å²) in [4.78, 5) is 2.33. The summed E-state index contributed by atoms with van der Waals surface area (Å²) < 4.78 is 14.9. The Morgan fingerprint density at radius 3 is 1.47 bits per heavy atom. The standard InChI is InChI=1S/C54H34N2O2/c1-5-16-49-43(10-1)44-11-2-6-17-50(44)56(49)41-31-29-40(30-32-41)55(38-25-20-35(21-26-38)37-24-33-53-48(34-37)46-13-4-7-18-51(46)57-53)39-27-22-36(23-28-39)42-14-9-15-47-45-12-3-8-19-52(45)58-54(42)47/h1-34H. The van der Waals surface area contributed by atoms with Gasteiger partial charge in [-0.15, -0.1) is 0 Å². The molecule has 0 aliphatic heterocycles. The van der Waals surface area contributed by atoms with E-state index in [1.54, 1.807) is 0 Å². The molecule has 0 saturated carbocycles. The number of hydrogen-bond acceptors (Lipinski definition) is 3. The van der Waals surface area contributed by atoms with E-state index in [-0.39, 0.29) is 0 Å². The van der Waals surface area contributed by atoms with Crippen molar-refractivity contribution in [1.29, 1.82) is 0 Å². The number of nitrogens with zero attached hydrogens (tertiary/aromatic N) is 2. The molecule has 58 heavy (non-hydrogen) atoms. The first kappa shape index (κ1) is 32.4. The number of fused-ring (bicyclic) bond motifs is 9. The van der Waals surface area contributed by atoms with Gasteiger partial charge in [0.25, 0.3) is 0 Å². The lowest BCUT2D eigenvalue weighted by Gasteiger charge is -2.26. The summed E-state index contributed by atoms with van der Waals surface area (Å²) in [5.74, 6) is 0. The molecule has 272 valence electrons. The smallest absolute Gasteiger partial charge is 0.143 e. The molecule has 0 amide bonds. The maximum absolute atomic E-state index is 6.42. The number of anilines is 3. The third-order valence-corrected chi connectivity index (χ3v) is 11.6. The van der Waals surface area contributed by atoms with Crippen molar-refractivity contribution < 1.29 is 8.83 Å². The summed E-state index contributed by atoms with van der Waals surface area (Å²) in [6.07, 6.45) is 0. The molecule has 0 unspecified atom stereocenters. The predicted octanol–water partition coefficient (Wildman–Crippen LogP) is 15.4. The summed E-state index contributed by atoms with van der Waals surface area (Å²) in [6, 6.07) is 73.3. The van der Waals surface area contributed by atoms with Crippen LogP contribution in [0.5, 0.6) is 0 Å². The van der Waals surface area contributed by atoms with E-state index in [9.17, 15) is 0 Å². The van der Waals surface area contributed by atoms with Gasteiger partial charge in [-0.25, -0.2) is 0 Å². The molecule has 0 bridgehead atoms. The molecular formula is C54H34N2O2. The molecule has 3 heterocycles. The molecule has 0 aliphatic carbocycles. The summed E-state index contributed by atoms with van der Waals surface area (Å²) in [5, 5.41) is 7.02. The van der Waals surface area contributed by atoms with Crippen LogP contribution in [0.25, 0.3) is 93.6 Å². The lowest BCUT2D eigenvalue weighted by molar-refractivity contribution is 0.669. The van der Waals surface area contributed by atoms with Crippen LogP contribution in [0.3, 0.4) is 0 Å². The van der Waals surface area contributed by atoms with Gasteiger partial charge in [-0.05, 0) is 102 Å². The Hall–Kier alpha value is -7.82. The van der Waals surface area contributed by atoms with E-state index >= 15 is 0 Å². The number of para-hydroxylation sites is 5. The van der Waals surface area contributed by atoms with E-state index in [1.165, 1.54) is 21.8 Å². The monoisotopic (exact) mass is 742 g/mol. The second kappa shape index (κ2) is 12.9. The summed E-state index contributed by atoms with van der Waals surface area (Å²) in [6.45, 7) is 0. The molecule has 3 aromatic heterocycles. The van der Waals surface area contributed by atoms with Crippen LogP contribution < -0.4 is 4.90 Å². The highest BCUT2D eigenvalue weighted by Gasteiger charge is 2.18. The summed E-state index contributed by atoms with van der Waals surface area (Å²) in [5.41, 5.74) is 14.8. The number of rotatable bonds is 6. The van der Waals surface area contributed by atoms with Crippen LogP contribution in [0.15, 0.2) is 215 Å². The van der Waals surface area contributed by atoms with Gasteiger partial charge >= 0.3 is 0 Å². The van der Waals surface area contributed by atoms with Crippen LogP contribution in [0.1, 0.15) is 0 Å². The van der Waals surface area contributed by atoms with Gasteiger partial charge in [0.15, 0.2) is 0 Å². The Bertz CT molecular complexity index is 3440. The lowest BCUT2D eigenvalue weighted by Crippen LogP contribution is -2.10. The molecule has 0 fully saturated rings. The van der Waals surface area contributed by atoms with Crippen molar-refractivity contribution in [3.63, 3.8) is 0 Å². The zero-order chi connectivity index (χ0) is 38.2. The number of hydrogen-bond donors (Lipinski definition) is 0. The van der Waals surface area contributed by atoms with Crippen molar-refractivity contribution in [1.82, 2.24) is 4.57 Å².